The van der Waals surface area contributed by atoms with Crippen molar-refractivity contribution < 1.29 is 9.90 Å². The van der Waals surface area contributed by atoms with Crippen LogP contribution in [-0.2, 0) is 19.7 Å². The van der Waals surface area contributed by atoms with Crippen molar-refractivity contribution >= 4 is 5.91 Å². The highest BCUT2D eigenvalue weighted by atomic mass is 16.3. The molecule has 20 heavy (non-hydrogen) atoms. The average Bonchev–Trinajstić information content (AvgIpc) is 2.94. The van der Waals surface area contributed by atoms with E-state index in [1.807, 2.05) is 24.3 Å². The molecular weight excluding hydrogens is 258 g/mol. The molecule has 106 valence electrons. The number of carbonyl (C=O) groups is 1. The summed E-state index contributed by atoms with van der Waals surface area (Å²) in [7, 11) is 0. The molecule has 2 rings (SSSR count). The molecule has 4 N–H and O–H groups in total. The van der Waals surface area contributed by atoms with Crippen molar-refractivity contribution in [2.24, 2.45) is 5.73 Å². The molecule has 1 heterocycles. The lowest BCUT2D eigenvalue weighted by molar-refractivity contribution is 0.0946. The summed E-state index contributed by atoms with van der Waals surface area (Å²) in [5.41, 5.74) is 7.39. The third-order valence-corrected chi connectivity index (χ3v) is 2.76. The van der Waals surface area contributed by atoms with Crippen molar-refractivity contribution in [1.82, 2.24) is 20.3 Å². The van der Waals surface area contributed by atoms with Crippen LogP contribution >= 0.6 is 0 Å². The molecule has 1 aromatic heterocycles. The molecule has 0 radical (unpaired) electrons. The van der Waals surface area contributed by atoms with E-state index in [1.54, 1.807) is 6.20 Å². The molecule has 0 aliphatic rings. The largest absolute Gasteiger partial charge is 0.392 e. The fourth-order valence-electron chi connectivity index (χ4n) is 1.75. The zero-order valence-corrected chi connectivity index (χ0v) is 11.0. The minimum absolute atomic E-state index is 0.0186. The minimum atomic E-state index is -0.289. The summed E-state index contributed by atoms with van der Waals surface area (Å²) in [5.74, 6) is -0.289. The number of nitrogens with one attached hydrogen (secondary N) is 1. The van der Waals surface area contributed by atoms with Gasteiger partial charge in [-0.05, 0) is 11.1 Å². The molecule has 0 aliphatic carbocycles. The second kappa shape index (κ2) is 6.78. The van der Waals surface area contributed by atoms with Crippen LogP contribution in [0.5, 0.6) is 0 Å². The van der Waals surface area contributed by atoms with Crippen molar-refractivity contribution in [3.05, 3.63) is 47.3 Å². The number of hydrogen-bond donors (Lipinski definition) is 3. The van der Waals surface area contributed by atoms with Crippen LogP contribution in [0.15, 0.2) is 30.5 Å². The SMILES string of the molecule is NCCn1cc(C(=O)NCc2cccc(CO)c2)nn1. The summed E-state index contributed by atoms with van der Waals surface area (Å²) in [6.07, 6.45) is 1.56. The molecule has 7 nitrogen and oxygen atoms in total. The van der Waals surface area contributed by atoms with Crippen molar-refractivity contribution in [1.29, 1.82) is 0 Å². The van der Waals surface area contributed by atoms with Crippen LogP contribution in [-0.4, -0.2) is 32.6 Å². The molecule has 0 atom stereocenters. The smallest absolute Gasteiger partial charge is 0.273 e. The fraction of sp³-hybridized carbons (Fsp3) is 0.308. The van der Waals surface area contributed by atoms with Crippen LogP contribution in [0.1, 0.15) is 21.6 Å². The Bertz CT molecular complexity index is 582. The highest BCUT2D eigenvalue weighted by Gasteiger charge is 2.10. The maximum absolute atomic E-state index is 11.9. The first-order chi connectivity index (χ1) is 9.72. The fourth-order valence-corrected chi connectivity index (χ4v) is 1.75. The first kappa shape index (κ1) is 14.2. The molecule has 1 aromatic carbocycles. The van der Waals surface area contributed by atoms with Gasteiger partial charge >= 0.3 is 0 Å². The molecule has 0 saturated heterocycles. The van der Waals surface area contributed by atoms with E-state index in [-0.39, 0.29) is 18.2 Å². The first-order valence-corrected chi connectivity index (χ1v) is 6.30. The third-order valence-electron chi connectivity index (χ3n) is 2.76. The molecule has 0 bridgehead atoms. The van der Waals surface area contributed by atoms with Crippen molar-refractivity contribution in [3.63, 3.8) is 0 Å². The van der Waals surface area contributed by atoms with Gasteiger partial charge in [0.1, 0.15) is 0 Å². The van der Waals surface area contributed by atoms with E-state index in [2.05, 4.69) is 15.6 Å². The van der Waals surface area contributed by atoms with Crippen LogP contribution < -0.4 is 11.1 Å². The Labute approximate surface area is 116 Å². The first-order valence-electron chi connectivity index (χ1n) is 6.30. The van der Waals surface area contributed by atoms with Crippen LogP contribution in [0.4, 0.5) is 0 Å². The van der Waals surface area contributed by atoms with Crippen LogP contribution in [0.25, 0.3) is 0 Å². The Morgan fingerprint density at radius 2 is 2.20 bits per heavy atom. The summed E-state index contributed by atoms with van der Waals surface area (Å²) in [5, 5.41) is 19.4. The standard InChI is InChI=1S/C13H17N5O2/c14-4-5-18-8-12(16-17-18)13(20)15-7-10-2-1-3-11(6-10)9-19/h1-3,6,8,19H,4-5,7,9,14H2,(H,15,20). The second-order valence-corrected chi connectivity index (χ2v) is 4.32. The average molecular weight is 275 g/mol. The lowest BCUT2D eigenvalue weighted by Gasteiger charge is -2.04. The van der Waals surface area contributed by atoms with Crippen molar-refractivity contribution in [2.45, 2.75) is 19.7 Å². The van der Waals surface area contributed by atoms with Gasteiger partial charge in [0.05, 0.1) is 19.3 Å². The number of benzene rings is 1. The zero-order valence-electron chi connectivity index (χ0n) is 11.0. The van der Waals surface area contributed by atoms with Crippen molar-refractivity contribution in [2.75, 3.05) is 6.54 Å². The molecule has 2 aromatic rings. The molecule has 0 aliphatic heterocycles. The zero-order chi connectivity index (χ0) is 14.4. The minimum Gasteiger partial charge on any atom is -0.392 e. The Morgan fingerprint density at radius 1 is 1.40 bits per heavy atom. The summed E-state index contributed by atoms with van der Waals surface area (Å²) >= 11 is 0. The van der Waals surface area contributed by atoms with Crippen molar-refractivity contribution in [3.8, 4) is 0 Å². The number of hydrogen-bond acceptors (Lipinski definition) is 5. The summed E-state index contributed by atoms with van der Waals surface area (Å²) < 4.78 is 1.53. The van der Waals surface area contributed by atoms with Gasteiger partial charge < -0.3 is 16.2 Å². The van der Waals surface area contributed by atoms with E-state index in [1.165, 1.54) is 4.68 Å². The normalized spacial score (nSPS) is 10.5. The number of nitrogens with zero attached hydrogens (tertiary/aromatic N) is 3. The third kappa shape index (κ3) is 3.62. The molecule has 0 unspecified atom stereocenters. The van der Waals surface area contributed by atoms with Crippen LogP contribution in [0, 0.1) is 0 Å². The van der Waals surface area contributed by atoms with E-state index in [4.69, 9.17) is 10.8 Å². The Balaban J connectivity index is 1.93. The van der Waals surface area contributed by atoms with E-state index in [9.17, 15) is 4.79 Å². The Hall–Kier alpha value is -2.25. The Kier molecular flexibility index (Phi) is 4.80. The summed E-state index contributed by atoms with van der Waals surface area (Å²) in [6, 6.07) is 7.38. The van der Waals surface area contributed by atoms with Gasteiger partial charge in [-0.2, -0.15) is 0 Å². The number of aliphatic hydroxyl groups excluding tert-OH is 1. The molecule has 0 fully saturated rings. The molecule has 0 saturated carbocycles. The van der Waals surface area contributed by atoms with E-state index in [0.29, 0.717) is 19.6 Å². The highest BCUT2D eigenvalue weighted by molar-refractivity contribution is 5.91. The number of nitrogens with two attached hydrogens (primary N) is 1. The second-order valence-electron chi connectivity index (χ2n) is 4.32. The van der Waals surface area contributed by atoms with Gasteiger partial charge in [-0.3, -0.25) is 9.48 Å². The number of amides is 1. The van der Waals surface area contributed by atoms with Gasteiger partial charge in [0.25, 0.3) is 5.91 Å². The maximum Gasteiger partial charge on any atom is 0.273 e. The molecule has 1 amide bonds. The monoisotopic (exact) mass is 275 g/mol. The van der Waals surface area contributed by atoms with E-state index >= 15 is 0 Å². The van der Waals surface area contributed by atoms with E-state index in [0.717, 1.165) is 11.1 Å². The Morgan fingerprint density at radius 3 is 2.95 bits per heavy atom. The maximum atomic E-state index is 11.9. The summed E-state index contributed by atoms with van der Waals surface area (Å²) in [6.45, 7) is 1.32. The number of aromatic nitrogens is 3. The van der Waals surface area contributed by atoms with Gasteiger partial charge in [0.15, 0.2) is 5.69 Å². The van der Waals surface area contributed by atoms with Gasteiger partial charge in [-0.25, -0.2) is 0 Å². The molecule has 0 spiro atoms. The quantitative estimate of drug-likeness (QED) is 0.668. The molecular formula is C13H17N5O2. The van der Waals surface area contributed by atoms with Gasteiger partial charge in [-0.15, -0.1) is 5.10 Å². The predicted molar refractivity (Wildman–Crippen MR) is 72.6 cm³/mol. The van der Waals surface area contributed by atoms with Gasteiger partial charge in [0.2, 0.25) is 0 Å². The van der Waals surface area contributed by atoms with E-state index < -0.39 is 0 Å². The molecule has 7 heteroatoms. The lowest BCUT2D eigenvalue weighted by atomic mass is 10.1. The number of aliphatic hydroxyl groups is 1. The van der Waals surface area contributed by atoms with Crippen LogP contribution in [0.3, 0.4) is 0 Å². The highest BCUT2D eigenvalue weighted by Crippen LogP contribution is 2.05. The van der Waals surface area contributed by atoms with Gasteiger partial charge in [-0.1, -0.05) is 29.5 Å². The topological polar surface area (TPSA) is 106 Å². The predicted octanol–water partition coefficient (Wildman–Crippen LogP) is -0.341. The number of rotatable bonds is 6. The number of carbonyl (C=O) groups excluding carboxylic acids is 1. The summed E-state index contributed by atoms with van der Waals surface area (Å²) in [4.78, 5) is 11.9. The van der Waals surface area contributed by atoms with Gasteiger partial charge in [0, 0.05) is 13.1 Å². The van der Waals surface area contributed by atoms with Crippen LogP contribution in [0.2, 0.25) is 0 Å². The lowest BCUT2D eigenvalue weighted by Crippen LogP contribution is -2.23.